The van der Waals surface area contributed by atoms with Gasteiger partial charge in [-0.25, -0.2) is 9.59 Å². The highest BCUT2D eigenvalue weighted by Gasteiger charge is 2.19. The fourth-order valence-electron chi connectivity index (χ4n) is 2.16. The number of nitrogens with zero attached hydrogens (tertiary/aromatic N) is 2. The van der Waals surface area contributed by atoms with Crippen molar-refractivity contribution in [3.05, 3.63) is 42.2 Å². The Morgan fingerprint density at radius 1 is 1.04 bits per heavy atom. The predicted molar refractivity (Wildman–Crippen MR) is 102 cm³/mol. The zero-order chi connectivity index (χ0) is 17.4. The van der Waals surface area contributed by atoms with Crippen molar-refractivity contribution in [1.29, 1.82) is 0 Å². The van der Waals surface area contributed by atoms with Crippen molar-refractivity contribution >= 4 is 36.0 Å². The summed E-state index contributed by atoms with van der Waals surface area (Å²) in [4.78, 5) is 26.4. The molecule has 0 saturated heterocycles. The van der Waals surface area contributed by atoms with Crippen LogP contribution in [-0.2, 0) is 20.8 Å². The van der Waals surface area contributed by atoms with E-state index in [0.29, 0.717) is 32.2 Å². The fourth-order valence-corrected chi connectivity index (χ4v) is 2.16. The summed E-state index contributed by atoms with van der Waals surface area (Å²) in [7, 11) is 0. The van der Waals surface area contributed by atoms with Crippen molar-refractivity contribution in [2.24, 2.45) is 0 Å². The highest BCUT2D eigenvalue weighted by atomic mass is 127. The van der Waals surface area contributed by atoms with Crippen LogP contribution in [-0.4, -0.2) is 48.4 Å². The third kappa shape index (κ3) is 6.81. The summed E-state index contributed by atoms with van der Waals surface area (Å²) < 4.78 is 15.1. The van der Waals surface area contributed by atoms with Gasteiger partial charge in [0.2, 0.25) is 0 Å². The van der Waals surface area contributed by atoms with E-state index < -0.39 is 0 Å². The van der Waals surface area contributed by atoms with Gasteiger partial charge in [0.05, 0.1) is 13.2 Å². The number of carbonyl (C=O) groups is 2. The lowest BCUT2D eigenvalue weighted by molar-refractivity contribution is -0.145. The van der Waals surface area contributed by atoms with Crippen molar-refractivity contribution < 1.29 is 23.8 Å². The van der Waals surface area contributed by atoms with Crippen molar-refractivity contribution in [1.82, 2.24) is 9.80 Å². The van der Waals surface area contributed by atoms with E-state index in [1.54, 1.807) is 32.2 Å². The molecule has 1 amide bonds. The minimum atomic E-state index is -0.386. The van der Waals surface area contributed by atoms with Crippen LogP contribution in [0.1, 0.15) is 19.4 Å². The number of ether oxygens (including phenoxy) is 3. The Balaban J connectivity index is 0.00000312. The first-order chi connectivity index (χ1) is 11.6. The summed E-state index contributed by atoms with van der Waals surface area (Å²) in [6.45, 7) is 5.24. The largest absolute Gasteiger partial charge is 0.482 e. The van der Waals surface area contributed by atoms with Gasteiger partial charge in [0.1, 0.15) is 12.4 Å². The molecule has 138 valence electrons. The lowest BCUT2D eigenvalue weighted by Crippen LogP contribution is -2.30. The molecule has 0 aliphatic carbocycles. The molecule has 0 saturated carbocycles. The van der Waals surface area contributed by atoms with Gasteiger partial charge >= 0.3 is 12.1 Å². The zero-order valence-electron chi connectivity index (χ0n) is 14.3. The Morgan fingerprint density at radius 2 is 1.72 bits per heavy atom. The molecule has 1 aliphatic heterocycles. The van der Waals surface area contributed by atoms with Gasteiger partial charge in [-0.15, -0.1) is 24.0 Å². The molecule has 2 rings (SSSR count). The van der Waals surface area contributed by atoms with Crippen LogP contribution in [0.4, 0.5) is 4.79 Å². The Hall–Kier alpha value is -1.97. The highest BCUT2D eigenvalue weighted by molar-refractivity contribution is 14.0. The maximum Gasteiger partial charge on any atom is 0.415 e. The van der Waals surface area contributed by atoms with Crippen molar-refractivity contribution in [2.45, 2.75) is 20.4 Å². The van der Waals surface area contributed by atoms with Crippen molar-refractivity contribution in [3.63, 3.8) is 0 Å². The second-order valence-corrected chi connectivity index (χ2v) is 5.09. The highest BCUT2D eigenvalue weighted by Crippen LogP contribution is 2.16. The van der Waals surface area contributed by atoms with Crippen LogP contribution in [0.25, 0.3) is 0 Å². The van der Waals surface area contributed by atoms with Crippen molar-refractivity contribution in [3.8, 4) is 5.75 Å². The average molecular weight is 462 g/mol. The molecule has 0 spiro atoms. The number of amides is 1. The number of benzene rings is 1. The maximum absolute atomic E-state index is 11.6. The smallest absolute Gasteiger partial charge is 0.415 e. The minimum Gasteiger partial charge on any atom is -0.482 e. The molecule has 1 aromatic carbocycles. The SMILES string of the molecule is CCOC(=O)COc1ccc(CN2C=CN(C(=O)OCC)C2)cc1.I. The molecule has 25 heavy (non-hydrogen) atoms. The number of hydrogen-bond donors (Lipinski definition) is 0. The molecule has 0 radical (unpaired) electrons. The van der Waals surface area contributed by atoms with Crippen LogP contribution < -0.4 is 4.74 Å². The first-order valence-corrected chi connectivity index (χ1v) is 7.85. The van der Waals surface area contributed by atoms with E-state index >= 15 is 0 Å². The third-order valence-electron chi connectivity index (χ3n) is 3.26. The normalized spacial score (nSPS) is 12.6. The summed E-state index contributed by atoms with van der Waals surface area (Å²) in [5, 5.41) is 0. The van der Waals surface area contributed by atoms with Crippen LogP contribution in [0.3, 0.4) is 0 Å². The molecule has 0 N–H and O–H groups in total. The molecule has 0 atom stereocenters. The predicted octanol–water partition coefficient (Wildman–Crippen LogP) is 2.95. The molecule has 1 heterocycles. The molecule has 0 bridgehead atoms. The van der Waals surface area contributed by atoms with Gasteiger partial charge < -0.3 is 19.1 Å². The number of halogens is 1. The topological polar surface area (TPSA) is 68.3 Å². The monoisotopic (exact) mass is 462 g/mol. The number of hydrogen-bond acceptors (Lipinski definition) is 6. The van der Waals surface area contributed by atoms with Crippen LogP contribution in [0.2, 0.25) is 0 Å². The molecular weight excluding hydrogens is 439 g/mol. The Bertz CT molecular complexity index is 591. The lowest BCUT2D eigenvalue weighted by atomic mass is 10.2. The van der Waals surface area contributed by atoms with E-state index in [0.717, 1.165) is 5.56 Å². The lowest BCUT2D eigenvalue weighted by Gasteiger charge is -2.19. The second kappa shape index (κ2) is 10.8. The minimum absolute atomic E-state index is 0. The van der Waals surface area contributed by atoms with E-state index in [2.05, 4.69) is 0 Å². The van der Waals surface area contributed by atoms with E-state index in [1.807, 2.05) is 23.2 Å². The molecule has 1 aliphatic rings. The first-order valence-electron chi connectivity index (χ1n) is 7.85. The second-order valence-electron chi connectivity index (χ2n) is 5.09. The standard InChI is InChI=1S/C17H22N2O5.HI/c1-3-22-16(20)12-24-15-7-5-14(6-8-15)11-18-9-10-19(13-18)17(21)23-4-2;/h5-10H,3-4,11-13H2,1-2H3;1H. The van der Waals surface area contributed by atoms with Gasteiger partial charge in [0, 0.05) is 18.9 Å². The van der Waals surface area contributed by atoms with Gasteiger partial charge in [0.25, 0.3) is 0 Å². The fraction of sp³-hybridized carbons (Fsp3) is 0.412. The van der Waals surface area contributed by atoms with E-state index in [1.165, 1.54) is 4.90 Å². The Kier molecular flexibility index (Phi) is 9.11. The molecule has 0 aromatic heterocycles. The molecule has 0 fully saturated rings. The van der Waals surface area contributed by atoms with Crippen LogP contribution in [0, 0.1) is 0 Å². The summed E-state index contributed by atoms with van der Waals surface area (Å²) in [5.74, 6) is 0.222. The molecule has 0 unspecified atom stereocenters. The first kappa shape index (κ1) is 21.1. The van der Waals surface area contributed by atoms with Gasteiger partial charge in [-0.2, -0.15) is 0 Å². The van der Waals surface area contributed by atoms with Crippen LogP contribution >= 0.6 is 24.0 Å². The van der Waals surface area contributed by atoms with Crippen molar-refractivity contribution in [2.75, 3.05) is 26.5 Å². The van der Waals surface area contributed by atoms with Crippen LogP contribution in [0.15, 0.2) is 36.7 Å². The summed E-state index contributed by atoms with van der Waals surface area (Å²) in [6.07, 6.45) is 3.20. The van der Waals surface area contributed by atoms with Gasteiger partial charge in [-0.3, -0.25) is 4.90 Å². The molecule has 8 heteroatoms. The summed E-state index contributed by atoms with van der Waals surface area (Å²) in [5.41, 5.74) is 1.06. The van der Waals surface area contributed by atoms with E-state index in [4.69, 9.17) is 14.2 Å². The molecular formula is C17H23IN2O5. The molecule has 1 aromatic rings. The maximum atomic E-state index is 11.6. The summed E-state index contributed by atoms with van der Waals surface area (Å²) >= 11 is 0. The van der Waals surface area contributed by atoms with Gasteiger partial charge in [-0.05, 0) is 31.5 Å². The Labute approximate surface area is 164 Å². The molecule has 7 nitrogen and oxygen atoms in total. The summed E-state index contributed by atoms with van der Waals surface area (Å²) in [6, 6.07) is 7.44. The van der Waals surface area contributed by atoms with Gasteiger partial charge in [0.15, 0.2) is 6.61 Å². The van der Waals surface area contributed by atoms with E-state index in [-0.39, 0.29) is 42.6 Å². The van der Waals surface area contributed by atoms with Gasteiger partial charge in [-0.1, -0.05) is 12.1 Å². The number of esters is 1. The number of rotatable bonds is 7. The third-order valence-corrected chi connectivity index (χ3v) is 3.26. The average Bonchev–Trinajstić information content (AvgIpc) is 3.03. The van der Waals surface area contributed by atoms with E-state index in [9.17, 15) is 9.59 Å². The zero-order valence-corrected chi connectivity index (χ0v) is 16.7. The quantitative estimate of drug-likeness (QED) is 0.459. The Morgan fingerprint density at radius 3 is 2.36 bits per heavy atom. The van der Waals surface area contributed by atoms with Crippen LogP contribution in [0.5, 0.6) is 5.75 Å². The number of carbonyl (C=O) groups excluding carboxylic acids is 2.